The van der Waals surface area contributed by atoms with Gasteiger partial charge in [-0.15, -0.1) is 0 Å². The fourth-order valence-corrected chi connectivity index (χ4v) is 3.70. The van der Waals surface area contributed by atoms with Gasteiger partial charge in [-0.25, -0.2) is 15.0 Å². The Balaban J connectivity index is 1.53. The predicted molar refractivity (Wildman–Crippen MR) is 115 cm³/mol. The molecule has 2 saturated heterocycles. The van der Waals surface area contributed by atoms with Crippen LogP contribution in [0.3, 0.4) is 0 Å². The van der Waals surface area contributed by atoms with Crippen LogP contribution < -0.4 is 16.0 Å². The fourth-order valence-electron chi connectivity index (χ4n) is 3.70. The van der Waals surface area contributed by atoms with E-state index in [1.165, 1.54) is 12.4 Å². The quantitative estimate of drug-likeness (QED) is 0.632. The Morgan fingerprint density at radius 3 is 2.65 bits per heavy atom. The maximum atomic E-state index is 13.1. The summed E-state index contributed by atoms with van der Waals surface area (Å²) < 4.78 is 5.37. The molecule has 0 radical (unpaired) electrons. The Hall–Kier alpha value is -3.29. The maximum Gasteiger partial charge on any atom is 0.257 e. The van der Waals surface area contributed by atoms with Crippen LogP contribution in [0.1, 0.15) is 28.9 Å². The van der Waals surface area contributed by atoms with E-state index in [-0.39, 0.29) is 11.6 Å². The smallest absolute Gasteiger partial charge is 0.257 e. The van der Waals surface area contributed by atoms with Gasteiger partial charge in [0.15, 0.2) is 5.69 Å². The summed E-state index contributed by atoms with van der Waals surface area (Å²) >= 11 is 0. The van der Waals surface area contributed by atoms with Crippen LogP contribution in [-0.2, 0) is 4.74 Å². The second-order valence-electron chi connectivity index (χ2n) is 7.62. The number of nitriles is 1. The monoisotopic (exact) mass is 422 g/mol. The molecule has 4 rings (SSSR count). The van der Waals surface area contributed by atoms with Crippen LogP contribution in [-0.4, -0.2) is 71.7 Å². The van der Waals surface area contributed by atoms with E-state index in [0.29, 0.717) is 49.4 Å². The number of nitrogens with one attached hydrogen (secondary N) is 3. The van der Waals surface area contributed by atoms with Crippen molar-refractivity contribution in [2.75, 3.05) is 56.6 Å². The van der Waals surface area contributed by atoms with Gasteiger partial charge in [-0.1, -0.05) is 0 Å². The molecule has 0 aliphatic carbocycles. The van der Waals surface area contributed by atoms with Crippen LogP contribution in [0.2, 0.25) is 0 Å². The number of nitrogens with zero attached hydrogens (tertiary/aromatic N) is 5. The van der Waals surface area contributed by atoms with Crippen molar-refractivity contribution < 1.29 is 9.53 Å². The fraction of sp³-hybridized carbons (Fsp3) is 0.476. The lowest BCUT2D eigenvalue weighted by Gasteiger charge is -2.28. The summed E-state index contributed by atoms with van der Waals surface area (Å²) in [5.41, 5.74) is 1.54. The molecule has 2 aromatic heterocycles. The van der Waals surface area contributed by atoms with E-state index in [4.69, 9.17) is 10.00 Å². The number of anilines is 3. The third kappa shape index (κ3) is 5.45. The summed E-state index contributed by atoms with van der Waals surface area (Å²) in [5.74, 6) is 1.53. The Kier molecular flexibility index (Phi) is 6.86. The molecule has 0 saturated carbocycles. The Labute approximate surface area is 181 Å². The summed E-state index contributed by atoms with van der Waals surface area (Å²) in [7, 11) is 0. The molecule has 2 aliphatic rings. The largest absolute Gasteiger partial charge is 0.384 e. The Morgan fingerprint density at radius 1 is 1.16 bits per heavy atom. The topological polar surface area (TPSA) is 128 Å². The van der Waals surface area contributed by atoms with Crippen LogP contribution >= 0.6 is 0 Å². The van der Waals surface area contributed by atoms with Crippen LogP contribution in [0.15, 0.2) is 24.7 Å². The van der Waals surface area contributed by atoms with Crippen molar-refractivity contribution >= 4 is 23.2 Å². The second kappa shape index (κ2) is 10.1. The average Bonchev–Trinajstić information content (AvgIpc) is 2.84. The number of aromatic nitrogens is 3. The summed E-state index contributed by atoms with van der Waals surface area (Å²) in [6.45, 7) is 5.09. The maximum absolute atomic E-state index is 13.1. The highest BCUT2D eigenvalue weighted by Crippen LogP contribution is 2.24. The van der Waals surface area contributed by atoms with Gasteiger partial charge in [-0.3, -0.25) is 4.79 Å². The second-order valence-corrected chi connectivity index (χ2v) is 7.62. The lowest BCUT2D eigenvalue weighted by atomic mass is 9.98. The first kappa shape index (κ1) is 21.0. The van der Waals surface area contributed by atoms with Crippen molar-refractivity contribution in [2.45, 2.75) is 12.8 Å². The molecule has 0 bridgehead atoms. The highest BCUT2D eigenvalue weighted by molar-refractivity contribution is 5.99. The minimum Gasteiger partial charge on any atom is -0.384 e. The molecule has 31 heavy (non-hydrogen) atoms. The van der Waals surface area contributed by atoms with E-state index < -0.39 is 0 Å². The zero-order valence-electron chi connectivity index (χ0n) is 17.3. The van der Waals surface area contributed by atoms with E-state index in [2.05, 4.69) is 30.9 Å². The molecule has 2 fully saturated rings. The molecule has 10 nitrogen and oxygen atoms in total. The van der Waals surface area contributed by atoms with E-state index in [1.54, 1.807) is 11.1 Å². The number of ether oxygens (including phenoxy) is 1. The number of morpholine rings is 1. The molecule has 2 aliphatic heterocycles. The van der Waals surface area contributed by atoms with E-state index in [1.807, 2.05) is 12.1 Å². The van der Waals surface area contributed by atoms with Gasteiger partial charge in [0.25, 0.3) is 5.91 Å². The standard InChI is InChI=1S/C21H26N8O2/c22-10-16-12-26-20(14-24-16)28-19-9-18(25-11-15-1-3-23-4-2-15)17(13-27-19)21(30)29-5-7-31-8-6-29/h9,12-15,23H,1-8,11H2,(H2,25,26,27,28). The van der Waals surface area contributed by atoms with Gasteiger partial charge in [-0.05, 0) is 31.8 Å². The van der Waals surface area contributed by atoms with Gasteiger partial charge < -0.3 is 25.6 Å². The van der Waals surface area contributed by atoms with Gasteiger partial charge in [0.05, 0.1) is 36.9 Å². The molecule has 162 valence electrons. The van der Waals surface area contributed by atoms with Gasteiger partial charge in [0.1, 0.15) is 17.7 Å². The van der Waals surface area contributed by atoms with Gasteiger partial charge in [0.2, 0.25) is 0 Å². The lowest BCUT2D eigenvalue weighted by Crippen LogP contribution is -2.41. The van der Waals surface area contributed by atoms with E-state index in [0.717, 1.165) is 38.2 Å². The molecule has 0 unspecified atom stereocenters. The summed E-state index contributed by atoms with van der Waals surface area (Å²) in [6.07, 6.45) is 6.69. The Bertz CT molecular complexity index is 931. The molecule has 0 spiro atoms. The van der Waals surface area contributed by atoms with Crippen molar-refractivity contribution in [3.8, 4) is 6.07 Å². The van der Waals surface area contributed by atoms with Crippen LogP contribution in [0, 0.1) is 17.2 Å². The number of hydrogen-bond acceptors (Lipinski definition) is 9. The minimum atomic E-state index is -0.0478. The molecule has 10 heteroatoms. The van der Waals surface area contributed by atoms with Crippen molar-refractivity contribution in [3.05, 3.63) is 35.9 Å². The molecule has 3 N–H and O–H groups in total. The van der Waals surface area contributed by atoms with Gasteiger partial charge in [0, 0.05) is 31.9 Å². The first-order valence-electron chi connectivity index (χ1n) is 10.5. The normalized spacial score (nSPS) is 17.1. The number of rotatable bonds is 6. The highest BCUT2D eigenvalue weighted by atomic mass is 16.5. The number of carbonyl (C=O) groups is 1. The van der Waals surface area contributed by atoms with Crippen LogP contribution in [0.4, 0.5) is 17.3 Å². The molecule has 2 aromatic rings. The van der Waals surface area contributed by atoms with Crippen LogP contribution in [0.25, 0.3) is 0 Å². The summed E-state index contributed by atoms with van der Waals surface area (Å²) in [6, 6.07) is 3.77. The number of carbonyl (C=O) groups excluding carboxylic acids is 1. The summed E-state index contributed by atoms with van der Waals surface area (Å²) in [5, 5.41) is 18.8. The minimum absolute atomic E-state index is 0.0478. The number of amides is 1. The first-order chi connectivity index (χ1) is 15.2. The molecular formula is C21H26N8O2. The first-order valence-corrected chi connectivity index (χ1v) is 10.5. The zero-order chi connectivity index (χ0) is 21.5. The Morgan fingerprint density at radius 2 is 1.94 bits per heavy atom. The van der Waals surface area contributed by atoms with E-state index in [9.17, 15) is 4.79 Å². The summed E-state index contributed by atoms with van der Waals surface area (Å²) in [4.78, 5) is 27.5. The third-order valence-corrected chi connectivity index (χ3v) is 5.50. The number of hydrogen-bond donors (Lipinski definition) is 3. The zero-order valence-corrected chi connectivity index (χ0v) is 17.3. The van der Waals surface area contributed by atoms with E-state index >= 15 is 0 Å². The van der Waals surface area contributed by atoms with Crippen LogP contribution in [0.5, 0.6) is 0 Å². The van der Waals surface area contributed by atoms with Crippen molar-refractivity contribution in [3.63, 3.8) is 0 Å². The van der Waals surface area contributed by atoms with Gasteiger partial charge >= 0.3 is 0 Å². The number of piperidine rings is 1. The van der Waals surface area contributed by atoms with Gasteiger partial charge in [-0.2, -0.15) is 5.26 Å². The highest BCUT2D eigenvalue weighted by Gasteiger charge is 2.23. The van der Waals surface area contributed by atoms with Crippen molar-refractivity contribution in [1.29, 1.82) is 5.26 Å². The molecule has 1 amide bonds. The third-order valence-electron chi connectivity index (χ3n) is 5.50. The molecule has 0 atom stereocenters. The predicted octanol–water partition coefficient (Wildman–Crippen LogP) is 1.37. The average molecular weight is 422 g/mol. The lowest BCUT2D eigenvalue weighted by molar-refractivity contribution is 0.0303. The molecular weight excluding hydrogens is 396 g/mol. The van der Waals surface area contributed by atoms with Crippen molar-refractivity contribution in [2.24, 2.45) is 5.92 Å². The SMILES string of the molecule is N#Cc1cnc(Nc2cc(NCC3CCNCC3)c(C(=O)N3CCOCC3)cn2)cn1. The molecule has 0 aromatic carbocycles. The number of pyridine rings is 1. The van der Waals surface area contributed by atoms with Crippen molar-refractivity contribution in [1.82, 2.24) is 25.2 Å². The molecule has 4 heterocycles.